The van der Waals surface area contributed by atoms with Crippen molar-refractivity contribution in [2.24, 2.45) is 0 Å². The summed E-state index contributed by atoms with van der Waals surface area (Å²) in [5, 5.41) is 4.09. The number of ketones is 1. The first kappa shape index (κ1) is 17.3. The van der Waals surface area contributed by atoms with E-state index >= 15 is 0 Å². The van der Waals surface area contributed by atoms with Gasteiger partial charge in [-0.2, -0.15) is 0 Å². The fourth-order valence-corrected chi connectivity index (χ4v) is 3.63. The summed E-state index contributed by atoms with van der Waals surface area (Å²) in [5.74, 6) is 0.458. The number of carbonyl (C=O) groups is 2. The molecule has 1 aliphatic rings. The standard InChI is InChI=1S/C21H21N3O3/c1-13-19(20-16(22-13)9-6-10-18(20)25)21(26)24(2)12-15-11-17(23-27-15)14-7-4-3-5-8-14/h3-5,7-8,11,22H,6,9-10,12H2,1-2H3. The number of aromatic nitrogens is 2. The van der Waals surface area contributed by atoms with Gasteiger partial charge in [0.25, 0.3) is 5.91 Å². The van der Waals surface area contributed by atoms with Gasteiger partial charge in [-0.3, -0.25) is 9.59 Å². The highest BCUT2D eigenvalue weighted by molar-refractivity contribution is 6.10. The van der Waals surface area contributed by atoms with Gasteiger partial charge in [-0.05, 0) is 19.8 Å². The second kappa shape index (κ2) is 6.87. The van der Waals surface area contributed by atoms with Crippen molar-refractivity contribution in [1.82, 2.24) is 15.0 Å². The lowest BCUT2D eigenvalue weighted by Crippen LogP contribution is -2.28. The first-order valence-corrected chi connectivity index (χ1v) is 9.05. The maximum absolute atomic E-state index is 13.0. The fourth-order valence-electron chi connectivity index (χ4n) is 3.63. The van der Waals surface area contributed by atoms with Crippen molar-refractivity contribution in [2.75, 3.05) is 7.05 Å². The topological polar surface area (TPSA) is 79.2 Å². The third-order valence-corrected chi connectivity index (χ3v) is 4.96. The van der Waals surface area contributed by atoms with Crippen LogP contribution >= 0.6 is 0 Å². The van der Waals surface area contributed by atoms with Gasteiger partial charge >= 0.3 is 0 Å². The lowest BCUT2D eigenvalue weighted by atomic mass is 9.93. The second-order valence-electron chi connectivity index (χ2n) is 6.96. The van der Waals surface area contributed by atoms with Crippen LogP contribution in [0.15, 0.2) is 40.9 Å². The van der Waals surface area contributed by atoms with Gasteiger partial charge in [0.15, 0.2) is 11.5 Å². The minimum Gasteiger partial charge on any atom is -0.361 e. The average molecular weight is 363 g/mol. The van der Waals surface area contributed by atoms with Crippen molar-refractivity contribution in [3.05, 3.63) is 64.7 Å². The van der Waals surface area contributed by atoms with E-state index in [0.717, 1.165) is 35.5 Å². The Morgan fingerprint density at radius 1 is 1.26 bits per heavy atom. The van der Waals surface area contributed by atoms with E-state index in [9.17, 15) is 9.59 Å². The number of aromatic amines is 1. The molecule has 3 aromatic rings. The summed E-state index contributed by atoms with van der Waals surface area (Å²) < 4.78 is 5.40. The van der Waals surface area contributed by atoms with E-state index in [-0.39, 0.29) is 18.2 Å². The quantitative estimate of drug-likeness (QED) is 0.765. The van der Waals surface area contributed by atoms with Gasteiger partial charge in [-0.25, -0.2) is 0 Å². The van der Waals surface area contributed by atoms with E-state index in [4.69, 9.17) is 4.52 Å². The van der Waals surface area contributed by atoms with Crippen molar-refractivity contribution in [3.63, 3.8) is 0 Å². The van der Waals surface area contributed by atoms with Gasteiger partial charge in [0.1, 0.15) is 5.69 Å². The molecular formula is C21H21N3O3. The number of rotatable bonds is 4. The van der Waals surface area contributed by atoms with Crippen molar-refractivity contribution in [1.29, 1.82) is 0 Å². The van der Waals surface area contributed by atoms with Crippen LogP contribution in [0.4, 0.5) is 0 Å². The number of amides is 1. The van der Waals surface area contributed by atoms with Crippen LogP contribution in [0, 0.1) is 6.92 Å². The number of benzene rings is 1. The first-order chi connectivity index (χ1) is 13.0. The van der Waals surface area contributed by atoms with Crippen LogP contribution < -0.4 is 0 Å². The highest BCUT2D eigenvalue weighted by Gasteiger charge is 2.30. The Morgan fingerprint density at radius 2 is 2.04 bits per heavy atom. The van der Waals surface area contributed by atoms with Crippen LogP contribution in [-0.4, -0.2) is 33.8 Å². The summed E-state index contributed by atoms with van der Waals surface area (Å²) in [6, 6.07) is 11.6. The number of Topliss-reactive ketones (excluding diaryl/α,β-unsaturated/α-hetero) is 1. The lowest BCUT2D eigenvalue weighted by molar-refractivity contribution is 0.0765. The van der Waals surface area contributed by atoms with E-state index < -0.39 is 0 Å². The minimum absolute atomic E-state index is 0.0448. The van der Waals surface area contributed by atoms with E-state index in [2.05, 4.69) is 10.1 Å². The maximum atomic E-state index is 13.0. The van der Waals surface area contributed by atoms with E-state index in [0.29, 0.717) is 23.3 Å². The largest absolute Gasteiger partial charge is 0.361 e. The molecule has 1 aliphatic carbocycles. The predicted octanol–water partition coefficient (Wildman–Crippen LogP) is 3.77. The smallest absolute Gasteiger partial charge is 0.256 e. The van der Waals surface area contributed by atoms with Crippen LogP contribution in [0.25, 0.3) is 11.3 Å². The van der Waals surface area contributed by atoms with Gasteiger partial charge < -0.3 is 14.4 Å². The Balaban J connectivity index is 1.55. The number of H-pyrrole nitrogens is 1. The van der Waals surface area contributed by atoms with Crippen molar-refractivity contribution in [2.45, 2.75) is 32.7 Å². The summed E-state index contributed by atoms with van der Waals surface area (Å²) in [6.07, 6.45) is 2.13. The highest BCUT2D eigenvalue weighted by atomic mass is 16.5. The SMILES string of the molecule is Cc1[nH]c2c(c1C(=O)N(C)Cc1cc(-c3ccccc3)no1)C(=O)CCC2. The molecule has 2 aromatic heterocycles. The number of hydrogen-bond donors (Lipinski definition) is 1. The first-order valence-electron chi connectivity index (χ1n) is 9.05. The monoisotopic (exact) mass is 363 g/mol. The fraction of sp³-hybridized carbons (Fsp3) is 0.286. The molecule has 0 aliphatic heterocycles. The van der Waals surface area contributed by atoms with Crippen molar-refractivity contribution < 1.29 is 14.1 Å². The van der Waals surface area contributed by atoms with Crippen LogP contribution in [-0.2, 0) is 13.0 Å². The number of nitrogens with zero attached hydrogens (tertiary/aromatic N) is 2. The number of aryl methyl sites for hydroxylation is 2. The number of nitrogens with one attached hydrogen (secondary N) is 1. The number of hydrogen-bond acceptors (Lipinski definition) is 4. The third-order valence-electron chi connectivity index (χ3n) is 4.96. The summed E-state index contributed by atoms with van der Waals surface area (Å²) in [5.41, 5.74) is 4.37. The molecule has 2 heterocycles. The molecule has 138 valence electrons. The lowest BCUT2D eigenvalue weighted by Gasteiger charge is -2.17. The molecule has 4 rings (SSSR count). The van der Waals surface area contributed by atoms with Gasteiger partial charge in [-0.1, -0.05) is 35.5 Å². The zero-order valence-corrected chi connectivity index (χ0v) is 15.4. The molecule has 0 atom stereocenters. The molecule has 0 fully saturated rings. The van der Waals surface area contributed by atoms with E-state index in [1.807, 2.05) is 43.3 Å². The Morgan fingerprint density at radius 3 is 2.81 bits per heavy atom. The molecule has 0 saturated heterocycles. The van der Waals surface area contributed by atoms with Gasteiger partial charge in [-0.15, -0.1) is 0 Å². The molecule has 6 nitrogen and oxygen atoms in total. The number of carbonyl (C=O) groups excluding carboxylic acids is 2. The van der Waals surface area contributed by atoms with Gasteiger partial charge in [0, 0.05) is 36.5 Å². The molecule has 1 amide bonds. The third kappa shape index (κ3) is 3.18. The van der Waals surface area contributed by atoms with E-state index in [1.54, 1.807) is 11.9 Å². The van der Waals surface area contributed by atoms with Crippen LogP contribution in [0.2, 0.25) is 0 Å². The zero-order valence-electron chi connectivity index (χ0n) is 15.4. The Kier molecular flexibility index (Phi) is 4.39. The minimum atomic E-state index is -0.182. The molecule has 0 unspecified atom stereocenters. The summed E-state index contributed by atoms with van der Waals surface area (Å²) in [4.78, 5) is 30.1. The van der Waals surface area contributed by atoms with Crippen LogP contribution in [0.5, 0.6) is 0 Å². The van der Waals surface area contributed by atoms with Crippen LogP contribution in [0.1, 0.15) is 50.7 Å². The molecular weight excluding hydrogens is 342 g/mol. The summed E-state index contributed by atoms with van der Waals surface area (Å²) in [7, 11) is 1.71. The van der Waals surface area contributed by atoms with Gasteiger partial charge in [0.05, 0.1) is 17.7 Å². The Bertz CT molecular complexity index is 1000. The van der Waals surface area contributed by atoms with E-state index in [1.165, 1.54) is 0 Å². The average Bonchev–Trinajstić information content (AvgIpc) is 3.26. The summed E-state index contributed by atoms with van der Waals surface area (Å²) >= 11 is 0. The predicted molar refractivity (Wildman–Crippen MR) is 101 cm³/mol. The highest BCUT2D eigenvalue weighted by Crippen LogP contribution is 2.28. The van der Waals surface area contributed by atoms with Crippen molar-refractivity contribution >= 4 is 11.7 Å². The number of fused-ring (bicyclic) bond motifs is 1. The molecule has 1 N–H and O–H groups in total. The zero-order chi connectivity index (χ0) is 19.0. The maximum Gasteiger partial charge on any atom is 0.256 e. The summed E-state index contributed by atoms with van der Waals surface area (Å²) in [6.45, 7) is 2.13. The normalized spacial score (nSPS) is 13.5. The van der Waals surface area contributed by atoms with Gasteiger partial charge in [0.2, 0.25) is 0 Å². The van der Waals surface area contributed by atoms with Crippen LogP contribution in [0.3, 0.4) is 0 Å². The Labute approximate surface area is 157 Å². The second-order valence-corrected chi connectivity index (χ2v) is 6.96. The van der Waals surface area contributed by atoms with Crippen molar-refractivity contribution in [3.8, 4) is 11.3 Å². The Hall–Kier alpha value is -3.15. The molecule has 27 heavy (non-hydrogen) atoms. The molecule has 0 radical (unpaired) electrons. The molecule has 0 spiro atoms. The molecule has 6 heteroatoms. The molecule has 1 aromatic carbocycles. The molecule has 0 bridgehead atoms. The molecule has 0 saturated carbocycles.